The maximum Gasteiger partial charge on any atom is 0.135 e. The van der Waals surface area contributed by atoms with Crippen molar-refractivity contribution < 1.29 is 0 Å². The lowest BCUT2D eigenvalue weighted by Crippen LogP contribution is -2.36. The minimum absolute atomic E-state index is 0.408. The zero-order chi connectivity index (χ0) is 18.8. The predicted molar refractivity (Wildman–Crippen MR) is 106 cm³/mol. The van der Waals surface area contributed by atoms with Crippen molar-refractivity contribution in [1.29, 1.82) is 0 Å². The first-order valence-electron chi connectivity index (χ1n) is 9.58. The zero-order valence-corrected chi connectivity index (χ0v) is 16.3. The van der Waals surface area contributed by atoms with Crippen LogP contribution in [0.1, 0.15) is 47.2 Å². The van der Waals surface area contributed by atoms with E-state index in [1.165, 1.54) is 11.1 Å². The molecule has 0 saturated carbocycles. The summed E-state index contributed by atoms with van der Waals surface area (Å²) in [5.74, 6) is 3.49. The molecule has 0 bridgehead atoms. The standard InChI is InChI=1S/C21H26N6/c1-15-16(2)24-17(3)25-20(15)26-11-4-5-19(14-26)21-23-10-12-27(21)13-18-6-8-22-9-7-18/h6-10,12,19H,4-5,11,13-14H2,1-3H3/t19-/m1/s1. The topological polar surface area (TPSA) is 59.7 Å². The highest BCUT2D eigenvalue weighted by molar-refractivity contribution is 5.49. The van der Waals surface area contributed by atoms with Gasteiger partial charge in [0.05, 0.1) is 0 Å². The van der Waals surface area contributed by atoms with Gasteiger partial charge in [0.15, 0.2) is 0 Å². The van der Waals surface area contributed by atoms with Gasteiger partial charge < -0.3 is 9.47 Å². The number of piperidine rings is 1. The van der Waals surface area contributed by atoms with Crippen LogP contribution in [0, 0.1) is 20.8 Å². The summed E-state index contributed by atoms with van der Waals surface area (Å²) in [7, 11) is 0. The minimum atomic E-state index is 0.408. The Balaban J connectivity index is 1.57. The first-order chi connectivity index (χ1) is 13.1. The number of aromatic nitrogens is 5. The lowest BCUT2D eigenvalue weighted by atomic mass is 9.96. The smallest absolute Gasteiger partial charge is 0.135 e. The van der Waals surface area contributed by atoms with E-state index >= 15 is 0 Å². The normalized spacial score (nSPS) is 17.3. The van der Waals surface area contributed by atoms with Crippen LogP contribution in [0.25, 0.3) is 0 Å². The van der Waals surface area contributed by atoms with Crippen LogP contribution in [0.2, 0.25) is 0 Å². The van der Waals surface area contributed by atoms with Crippen LogP contribution in [0.5, 0.6) is 0 Å². The molecular weight excluding hydrogens is 336 g/mol. The second-order valence-electron chi connectivity index (χ2n) is 7.36. The maximum atomic E-state index is 4.74. The van der Waals surface area contributed by atoms with Crippen molar-refractivity contribution >= 4 is 5.82 Å². The van der Waals surface area contributed by atoms with E-state index in [1.54, 1.807) is 0 Å². The first kappa shape index (κ1) is 17.6. The number of aryl methyl sites for hydroxylation is 2. The molecule has 3 aromatic rings. The lowest BCUT2D eigenvalue weighted by molar-refractivity contribution is 0.473. The Morgan fingerprint density at radius 2 is 1.89 bits per heavy atom. The molecule has 27 heavy (non-hydrogen) atoms. The fourth-order valence-electron chi connectivity index (χ4n) is 3.94. The monoisotopic (exact) mass is 362 g/mol. The Bertz CT molecular complexity index is 918. The summed E-state index contributed by atoms with van der Waals surface area (Å²) in [4.78, 5) is 20.5. The Morgan fingerprint density at radius 3 is 2.70 bits per heavy atom. The van der Waals surface area contributed by atoms with E-state index in [0.717, 1.165) is 55.6 Å². The van der Waals surface area contributed by atoms with Crippen LogP contribution in [-0.4, -0.2) is 37.6 Å². The van der Waals surface area contributed by atoms with Gasteiger partial charge in [-0.25, -0.2) is 15.0 Å². The maximum absolute atomic E-state index is 4.74. The Labute approximate surface area is 160 Å². The van der Waals surface area contributed by atoms with Gasteiger partial charge in [-0.3, -0.25) is 4.98 Å². The molecule has 1 atom stereocenters. The number of anilines is 1. The number of hydrogen-bond acceptors (Lipinski definition) is 5. The molecule has 1 fully saturated rings. The van der Waals surface area contributed by atoms with Crippen molar-refractivity contribution in [3.63, 3.8) is 0 Å². The van der Waals surface area contributed by atoms with Crippen molar-refractivity contribution in [2.24, 2.45) is 0 Å². The highest BCUT2D eigenvalue weighted by Gasteiger charge is 2.27. The van der Waals surface area contributed by atoms with Crippen LogP contribution in [0.15, 0.2) is 36.9 Å². The average molecular weight is 362 g/mol. The van der Waals surface area contributed by atoms with Gasteiger partial charge in [-0.2, -0.15) is 0 Å². The summed E-state index contributed by atoms with van der Waals surface area (Å²) >= 11 is 0. The van der Waals surface area contributed by atoms with Crippen molar-refractivity contribution in [1.82, 2.24) is 24.5 Å². The van der Waals surface area contributed by atoms with E-state index in [-0.39, 0.29) is 0 Å². The summed E-state index contributed by atoms with van der Waals surface area (Å²) < 4.78 is 2.27. The molecule has 4 heterocycles. The minimum Gasteiger partial charge on any atom is -0.356 e. The van der Waals surface area contributed by atoms with Crippen molar-refractivity contribution in [3.8, 4) is 0 Å². The lowest BCUT2D eigenvalue weighted by Gasteiger charge is -2.34. The summed E-state index contributed by atoms with van der Waals surface area (Å²) in [5, 5.41) is 0. The van der Waals surface area contributed by atoms with Crippen LogP contribution >= 0.6 is 0 Å². The van der Waals surface area contributed by atoms with Crippen molar-refractivity contribution in [2.75, 3.05) is 18.0 Å². The van der Waals surface area contributed by atoms with Crippen molar-refractivity contribution in [2.45, 2.75) is 46.1 Å². The molecule has 6 heteroatoms. The van der Waals surface area contributed by atoms with E-state index in [4.69, 9.17) is 9.97 Å². The van der Waals surface area contributed by atoms with Crippen LogP contribution in [-0.2, 0) is 6.54 Å². The van der Waals surface area contributed by atoms with Gasteiger partial charge >= 0.3 is 0 Å². The van der Waals surface area contributed by atoms with Gasteiger partial charge in [0, 0.05) is 61.6 Å². The molecule has 140 valence electrons. The van der Waals surface area contributed by atoms with Crippen LogP contribution < -0.4 is 4.90 Å². The van der Waals surface area contributed by atoms with Crippen LogP contribution in [0.3, 0.4) is 0 Å². The Hall–Kier alpha value is -2.76. The van der Waals surface area contributed by atoms with Gasteiger partial charge in [0.1, 0.15) is 17.5 Å². The molecule has 0 aromatic carbocycles. The van der Waals surface area contributed by atoms with Crippen LogP contribution in [0.4, 0.5) is 5.82 Å². The fraction of sp³-hybridized carbons (Fsp3) is 0.429. The number of rotatable bonds is 4. The van der Waals surface area contributed by atoms with E-state index in [0.29, 0.717) is 5.92 Å². The third-order valence-corrected chi connectivity index (χ3v) is 5.41. The van der Waals surface area contributed by atoms with E-state index in [2.05, 4.69) is 51.6 Å². The third-order valence-electron chi connectivity index (χ3n) is 5.41. The molecule has 4 rings (SSSR count). The second kappa shape index (κ2) is 7.47. The molecule has 0 spiro atoms. The average Bonchev–Trinajstić information content (AvgIpc) is 3.14. The second-order valence-corrected chi connectivity index (χ2v) is 7.36. The molecule has 1 aliphatic rings. The highest BCUT2D eigenvalue weighted by Crippen LogP contribution is 2.30. The third kappa shape index (κ3) is 3.70. The van der Waals surface area contributed by atoms with Gasteiger partial charge in [-0.15, -0.1) is 0 Å². The molecule has 0 N–H and O–H groups in total. The van der Waals surface area contributed by atoms with Gasteiger partial charge in [0.25, 0.3) is 0 Å². The highest BCUT2D eigenvalue weighted by atomic mass is 15.2. The molecule has 3 aromatic heterocycles. The van der Waals surface area contributed by atoms with Gasteiger partial charge in [-0.05, 0) is 51.3 Å². The Morgan fingerprint density at radius 1 is 1.07 bits per heavy atom. The SMILES string of the molecule is Cc1nc(C)c(C)c(N2CCC[C@@H](c3nccn3Cc3ccncc3)C2)n1. The molecule has 0 amide bonds. The first-order valence-corrected chi connectivity index (χ1v) is 9.58. The zero-order valence-electron chi connectivity index (χ0n) is 16.3. The number of imidazole rings is 1. The van der Waals surface area contributed by atoms with Crippen molar-refractivity contribution in [3.05, 3.63) is 65.4 Å². The molecule has 0 aliphatic carbocycles. The molecule has 1 aliphatic heterocycles. The summed E-state index contributed by atoms with van der Waals surface area (Å²) in [5.41, 5.74) is 3.50. The summed E-state index contributed by atoms with van der Waals surface area (Å²) in [6.45, 7) is 8.98. The summed E-state index contributed by atoms with van der Waals surface area (Å²) in [6.07, 6.45) is 9.99. The molecular formula is C21H26N6. The van der Waals surface area contributed by atoms with Gasteiger partial charge in [-0.1, -0.05) is 0 Å². The number of nitrogens with zero attached hydrogens (tertiary/aromatic N) is 6. The largest absolute Gasteiger partial charge is 0.356 e. The van der Waals surface area contributed by atoms with E-state index < -0.39 is 0 Å². The number of hydrogen-bond donors (Lipinski definition) is 0. The molecule has 0 radical (unpaired) electrons. The molecule has 0 unspecified atom stereocenters. The summed E-state index contributed by atoms with van der Waals surface area (Å²) in [6, 6.07) is 4.12. The number of pyridine rings is 1. The fourth-order valence-corrected chi connectivity index (χ4v) is 3.94. The van der Waals surface area contributed by atoms with Gasteiger partial charge in [0.2, 0.25) is 0 Å². The quantitative estimate of drug-likeness (QED) is 0.712. The molecule has 6 nitrogen and oxygen atoms in total. The Kier molecular flexibility index (Phi) is 4.88. The van der Waals surface area contributed by atoms with E-state index in [1.807, 2.05) is 25.5 Å². The molecule has 1 saturated heterocycles. The predicted octanol–water partition coefficient (Wildman–Crippen LogP) is 3.43. The van der Waals surface area contributed by atoms with E-state index in [9.17, 15) is 0 Å².